The van der Waals surface area contributed by atoms with Crippen LogP contribution in [0, 0.1) is 0 Å². The minimum absolute atomic E-state index is 0.0892. The van der Waals surface area contributed by atoms with Crippen molar-refractivity contribution in [2.24, 2.45) is 0 Å². The fourth-order valence-electron chi connectivity index (χ4n) is 13.2. The first kappa shape index (κ1) is 44.7. The van der Waals surface area contributed by atoms with Gasteiger partial charge in [0, 0.05) is 54.4 Å². The smallest absolute Gasteiger partial charge is 0.238 e. The van der Waals surface area contributed by atoms with Gasteiger partial charge in [-0.3, -0.25) is 4.57 Å². The predicted molar refractivity (Wildman–Crippen MR) is 316 cm³/mol. The van der Waals surface area contributed by atoms with Crippen LogP contribution in [-0.2, 0) is 16.2 Å². The second-order valence-electron chi connectivity index (χ2n) is 22.4. The molecule has 0 unspecified atom stereocenters. The first-order valence-electron chi connectivity index (χ1n) is 26.4. The molecular weight excluding hydrogens is 943 g/mol. The molecule has 3 aliphatic carbocycles. The van der Waals surface area contributed by atoms with E-state index in [2.05, 4.69) is 227 Å². The Hall–Kier alpha value is -8.71. The third-order valence-corrected chi connectivity index (χ3v) is 18.2. The number of thiophene rings is 1. The zero-order chi connectivity index (χ0) is 51.2. The minimum Gasteiger partial charge on any atom is -0.302 e. The maximum absolute atomic E-state index is 5.32. The summed E-state index contributed by atoms with van der Waals surface area (Å²) in [5.41, 5.74) is 22.9. The van der Waals surface area contributed by atoms with Gasteiger partial charge in [-0.1, -0.05) is 193 Å². The summed E-state index contributed by atoms with van der Waals surface area (Å²) in [6.07, 6.45) is 0. The van der Waals surface area contributed by atoms with E-state index in [1.807, 2.05) is 47.7 Å². The number of anilines is 3. The third kappa shape index (κ3) is 6.47. The van der Waals surface area contributed by atoms with E-state index in [1.54, 1.807) is 0 Å². The van der Waals surface area contributed by atoms with E-state index in [4.69, 9.17) is 15.0 Å². The Morgan fingerprint density at radius 3 is 1.47 bits per heavy atom. The molecule has 15 rings (SSSR count). The van der Waals surface area contributed by atoms with Crippen LogP contribution >= 0.6 is 11.3 Å². The molecule has 0 fully saturated rings. The summed E-state index contributed by atoms with van der Waals surface area (Å²) >= 11 is 1.84. The van der Waals surface area contributed by atoms with Crippen molar-refractivity contribution in [1.29, 1.82) is 0 Å². The Labute approximate surface area is 447 Å². The standard InChI is InChI=1S/C70H53N5S/c1-68(2)56-27-17-14-24-48(56)51-38-45(31-33-58(51)68)74(46-30-32-50-47-23-13-16-26-55(47)69(3,4)59(50)39-46)64-36-35-63(76-64)44-29-34-61-53(37-44)54-40-52-49-25-15-18-28-57(49)70(5,6)60(52)41-62(54)75(61)67-72-65(42-19-9-7-10-20-42)71-66(73-67)43-21-11-8-12-22-43/h7-41H,1-6H3. The van der Waals surface area contributed by atoms with Crippen LogP contribution in [0.15, 0.2) is 212 Å². The number of benzene rings is 9. The van der Waals surface area contributed by atoms with E-state index in [0.29, 0.717) is 17.6 Å². The monoisotopic (exact) mass is 995 g/mol. The molecule has 3 aromatic heterocycles. The zero-order valence-electron chi connectivity index (χ0n) is 43.4. The van der Waals surface area contributed by atoms with E-state index in [9.17, 15) is 0 Å². The average molecular weight is 996 g/mol. The van der Waals surface area contributed by atoms with Crippen LogP contribution in [0.1, 0.15) is 74.9 Å². The molecule has 0 atom stereocenters. The molecular formula is C70H53N5S. The molecule has 12 aromatic rings. The third-order valence-electron chi connectivity index (χ3n) is 17.1. The van der Waals surface area contributed by atoms with Crippen molar-refractivity contribution in [2.45, 2.75) is 57.8 Å². The molecule has 5 nitrogen and oxygen atoms in total. The van der Waals surface area contributed by atoms with E-state index in [0.717, 1.165) is 54.9 Å². The Morgan fingerprint density at radius 2 is 0.842 bits per heavy atom. The average Bonchev–Trinajstić information content (AvgIpc) is 4.27. The molecule has 3 aliphatic rings. The number of hydrogen-bond donors (Lipinski definition) is 0. The fourth-order valence-corrected chi connectivity index (χ4v) is 14.2. The highest BCUT2D eigenvalue weighted by molar-refractivity contribution is 7.19. The van der Waals surface area contributed by atoms with E-state index >= 15 is 0 Å². The molecule has 9 aromatic carbocycles. The van der Waals surface area contributed by atoms with Crippen LogP contribution < -0.4 is 4.90 Å². The largest absolute Gasteiger partial charge is 0.302 e. The maximum atomic E-state index is 5.32. The predicted octanol–water partition coefficient (Wildman–Crippen LogP) is 18.4. The highest BCUT2D eigenvalue weighted by Crippen LogP contribution is 2.55. The summed E-state index contributed by atoms with van der Waals surface area (Å²) in [4.78, 5) is 19.4. The van der Waals surface area contributed by atoms with E-state index in [1.165, 1.54) is 71.6 Å². The Bertz CT molecular complexity index is 4330. The zero-order valence-corrected chi connectivity index (χ0v) is 44.2. The van der Waals surface area contributed by atoms with Crippen LogP contribution in [0.25, 0.3) is 94.4 Å². The maximum Gasteiger partial charge on any atom is 0.238 e. The molecule has 0 aliphatic heterocycles. The first-order chi connectivity index (χ1) is 36.9. The SMILES string of the molecule is CC1(C)c2ccccc2-c2cc(N(c3ccc4c(c3)C(C)(C)c3ccccc3-4)c3ccc(-c4ccc5c(c4)c4cc6c(cc4n5-c4nc(-c5ccccc5)nc(-c5ccccc5)n4)C(C)(C)c4ccccc4-6)s3)ccc21. The van der Waals surface area contributed by atoms with Crippen LogP contribution in [-0.4, -0.2) is 19.5 Å². The Balaban J connectivity index is 0.924. The molecule has 0 amide bonds. The number of rotatable bonds is 7. The molecule has 0 radical (unpaired) electrons. The number of hydrogen-bond acceptors (Lipinski definition) is 5. The quantitative estimate of drug-likeness (QED) is 0.160. The number of aromatic nitrogens is 4. The molecule has 3 heterocycles. The van der Waals surface area contributed by atoms with Gasteiger partial charge in [0.05, 0.1) is 11.0 Å². The van der Waals surface area contributed by atoms with Crippen LogP contribution in [0.5, 0.6) is 0 Å². The molecule has 364 valence electrons. The summed E-state index contributed by atoms with van der Waals surface area (Å²) < 4.78 is 2.27. The van der Waals surface area contributed by atoms with Crippen molar-refractivity contribution in [3.8, 4) is 72.5 Å². The summed E-state index contributed by atoms with van der Waals surface area (Å²) in [5, 5.41) is 3.46. The minimum atomic E-state index is -0.202. The van der Waals surface area contributed by atoms with Crippen LogP contribution in [0.2, 0.25) is 0 Å². The van der Waals surface area contributed by atoms with E-state index in [-0.39, 0.29) is 16.2 Å². The van der Waals surface area contributed by atoms with Gasteiger partial charge in [0.15, 0.2) is 11.6 Å². The second kappa shape index (κ2) is 16.1. The van der Waals surface area contributed by atoms with Crippen molar-refractivity contribution in [1.82, 2.24) is 19.5 Å². The van der Waals surface area contributed by atoms with Gasteiger partial charge in [0.25, 0.3) is 0 Å². The Kier molecular flexibility index (Phi) is 9.51. The topological polar surface area (TPSA) is 46.8 Å². The van der Waals surface area contributed by atoms with Gasteiger partial charge in [-0.2, -0.15) is 9.97 Å². The van der Waals surface area contributed by atoms with Gasteiger partial charge in [0.1, 0.15) is 5.00 Å². The molecule has 76 heavy (non-hydrogen) atoms. The lowest BCUT2D eigenvalue weighted by molar-refractivity contribution is 0.660. The van der Waals surface area contributed by atoms with Gasteiger partial charge in [-0.05, 0) is 133 Å². The molecule has 0 saturated heterocycles. The summed E-state index contributed by atoms with van der Waals surface area (Å²) in [6.45, 7) is 14.2. The van der Waals surface area contributed by atoms with Gasteiger partial charge in [-0.25, -0.2) is 4.98 Å². The lowest BCUT2D eigenvalue weighted by Gasteiger charge is -2.28. The van der Waals surface area contributed by atoms with Crippen molar-refractivity contribution in [3.63, 3.8) is 0 Å². The van der Waals surface area contributed by atoms with Crippen molar-refractivity contribution in [3.05, 3.63) is 246 Å². The second-order valence-corrected chi connectivity index (χ2v) is 23.5. The highest BCUT2D eigenvalue weighted by atomic mass is 32.1. The lowest BCUT2D eigenvalue weighted by atomic mass is 9.82. The number of nitrogens with zero attached hydrogens (tertiary/aromatic N) is 5. The summed E-state index contributed by atoms with van der Waals surface area (Å²) in [5.74, 6) is 1.85. The van der Waals surface area contributed by atoms with Gasteiger partial charge in [-0.15, -0.1) is 11.3 Å². The van der Waals surface area contributed by atoms with Gasteiger partial charge < -0.3 is 4.90 Å². The molecule has 0 saturated carbocycles. The lowest BCUT2D eigenvalue weighted by Crippen LogP contribution is -2.16. The van der Waals surface area contributed by atoms with Gasteiger partial charge in [0.2, 0.25) is 5.95 Å². The van der Waals surface area contributed by atoms with Crippen LogP contribution in [0.4, 0.5) is 16.4 Å². The van der Waals surface area contributed by atoms with Crippen molar-refractivity contribution < 1.29 is 0 Å². The normalized spacial score (nSPS) is 14.8. The van der Waals surface area contributed by atoms with Crippen LogP contribution in [0.3, 0.4) is 0 Å². The highest BCUT2D eigenvalue weighted by Gasteiger charge is 2.39. The molecule has 0 bridgehead atoms. The fraction of sp³-hybridized carbons (Fsp3) is 0.129. The van der Waals surface area contributed by atoms with Crippen molar-refractivity contribution in [2.75, 3.05) is 4.90 Å². The summed E-state index contributed by atoms with van der Waals surface area (Å²) in [7, 11) is 0. The van der Waals surface area contributed by atoms with Crippen molar-refractivity contribution >= 4 is 49.5 Å². The first-order valence-corrected chi connectivity index (χ1v) is 27.2. The Morgan fingerprint density at radius 1 is 0.355 bits per heavy atom. The molecule has 0 N–H and O–H groups in total. The van der Waals surface area contributed by atoms with Gasteiger partial charge >= 0.3 is 0 Å². The number of fused-ring (bicyclic) bond motifs is 12. The molecule has 0 spiro atoms. The molecule has 6 heteroatoms. The summed E-state index contributed by atoms with van der Waals surface area (Å²) in [6, 6.07) is 78.0. The van der Waals surface area contributed by atoms with E-state index < -0.39 is 0 Å².